The van der Waals surface area contributed by atoms with E-state index < -0.39 is 27.4 Å². The third kappa shape index (κ3) is 1.68. The number of nitrogens with one attached hydrogen (secondary N) is 2. The number of likely N-dealkylation sites (N-methyl/N-ethyl adjacent to an activating group) is 1. The zero-order valence-electron chi connectivity index (χ0n) is 17.3. The molecule has 8 rings (SSSR count). The first-order valence-corrected chi connectivity index (χ1v) is 12.7. The molecule has 2 bridgehead atoms. The van der Waals surface area contributed by atoms with Crippen molar-refractivity contribution >= 4 is 50.0 Å². The monoisotopic (exact) mass is 464 g/mol. The summed E-state index contributed by atoms with van der Waals surface area (Å²) in [5, 5.41) is 16.5. The summed E-state index contributed by atoms with van der Waals surface area (Å²) >= 11 is 0. The summed E-state index contributed by atoms with van der Waals surface area (Å²) in [6, 6.07) is 15.8. The molecule has 1 aromatic heterocycles. The zero-order valence-corrected chi connectivity index (χ0v) is 19.0. The van der Waals surface area contributed by atoms with E-state index >= 15 is 0 Å². The van der Waals surface area contributed by atoms with Crippen molar-refractivity contribution in [1.82, 2.24) is 14.8 Å². The number of para-hydroxylation sites is 2. The van der Waals surface area contributed by atoms with Crippen LogP contribution in [0.2, 0.25) is 0 Å². The molecule has 5 atom stereocenters. The molecule has 2 aromatic carbocycles. The van der Waals surface area contributed by atoms with Crippen molar-refractivity contribution in [2.24, 2.45) is 0 Å². The molecule has 7 nitrogen and oxygen atoms in total. The van der Waals surface area contributed by atoms with Crippen LogP contribution >= 0.6 is 21.6 Å². The smallest absolute Gasteiger partial charge is 0.264 e. The Morgan fingerprint density at radius 1 is 1.06 bits per heavy atom. The van der Waals surface area contributed by atoms with Gasteiger partial charge in [-0.2, -0.15) is 0 Å². The molecule has 2 amide bonds. The van der Waals surface area contributed by atoms with Crippen molar-refractivity contribution in [2.75, 3.05) is 12.4 Å². The average molecular weight is 465 g/mol. The molecular formula is C23H20N4O3S2. The maximum atomic E-state index is 13.8. The molecule has 4 fully saturated rings. The Hall–Kier alpha value is -2.62. The van der Waals surface area contributed by atoms with Gasteiger partial charge < -0.3 is 20.3 Å². The maximum absolute atomic E-state index is 13.8. The van der Waals surface area contributed by atoms with Gasteiger partial charge in [-0.25, -0.2) is 0 Å². The van der Waals surface area contributed by atoms with Crippen molar-refractivity contribution in [3.8, 4) is 0 Å². The topological polar surface area (TPSA) is 88.7 Å². The number of anilines is 1. The van der Waals surface area contributed by atoms with E-state index in [-0.39, 0.29) is 11.8 Å². The third-order valence-electron chi connectivity index (χ3n) is 7.76. The van der Waals surface area contributed by atoms with Gasteiger partial charge in [0.25, 0.3) is 11.8 Å². The van der Waals surface area contributed by atoms with Crippen LogP contribution in [0.4, 0.5) is 5.69 Å². The van der Waals surface area contributed by atoms with Gasteiger partial charge >= 0.3 is 0 Å². The number of rotatable bonds is 1. The van der Waals surface area contributed by atoms with Crippen molar-refractivity contribution in [3.05, 3.63) is 65.9 Å². The first-order valence-electron chi connectivity index (χ1n) is 10.5. The molecule has 0 radical (unpaired) electrons. The minimum atomic E-state index is -1.61. The Labute approximate surface area is 191 Å². The van der Waals surface area contributed by atoms with Crippen molar-refractivity contribution in [1.29, 1.82) is 0 Å². The number of benzene rings is 2. The van der Waals surface area contributed by atoms with Gasteiger partial charge in [0.05, 0.1) is 5.41 Å². The van der Waals surface area contributed by atoms with Crippen molar-refractivity contribution in [2.45, 2.75) is 34.4 Å². The van der Waals surface area contributed by atoms with Crippen LogP contribution in [0.1, 0.15) is 18.1 Å². The van der Waals surface area contributed by atoms with Crippen LogP contribution < -0.4 is 5.32 Å². The molecule has 6 heterocycles. The SMILES string of the molecule is CN1C(=O)C23SS[C@H]1C(=O)N2[C@H]1Nc2ccccc2[C@@]1(c1c[nH]c2ccccc12)[C@@]3(C)O. The van der Waals surface area contributed by atoms with Crippen molar-refractivity contribution in [3.63, 3.8) is 0 Å². The van der Waals surface area contributed by atoms with Gasteiger partial charge in [0.15, 0.2) is 5.37 Å². The number of amides is 2. The number of carbonyl (C=O) groups is 2. The number of hydrogen-bond donors (Lipinski definition) is 3. The summed E-state index contributed by atoms with van der Waals surface area (Å²) in [5.74, 6) is -0.383. The first-order chi connectivity index (χ1) is 15.4. The number of aromatic amines is 1. The molecule has 1 spiro atoms. The van der Waals surface area contributed by atoms with E-state index in [9.17, 15) is 14.7 Å². The lowest BCUT2D eigenvalue weighted by molar-refractivity contribution is -0.165. The molecule has 1 unspecified atom stereocenters. The Morgan fingerprint density at radius 2 is 1.81 bits per heavy atom. The molecule has 3 aromatic rings. The maximum Gasteiger partial charge on any atom is 0.264 e. The van der Waals surface area contributed by atoms with Crippen LogP contribution in [0.5, 0.6) is 0 Å². The minimum absolute atomic E-state index is 0.150. The molecule has 3 N–H and O–H groups in total. The van der Waals surface area contributed by atoms with E-state index in [1.807, 2.05) is 54.7 Å². The second-order valence-electron chi connectivity index (χ2n) is 9.02. The predicted molar refractivity (Wildman–Crippen MR) is 125 cm³/mol. The van der Waals surface area contributed by atoms with Gasteiger partial charge in [-0.15, -0.1) is 0 Å². The highest BCUT2D eigenvalue weighted by molar-refractivity contribution is 8.78. The molecule has 162 valence electrons. The summed E-state index contributed by atoms with van der Waals surface area (Å²) < 4.78 is 0. The van der Waals surface area contributed by atoms with E-state index in [1.54, 1.807) is 18.9 Å². The van der Waals surface area contributed by atoms with Crippen LogP contribution in [0.25, 0.3) is 10.9 Å². The number of H-pyrrole nitrogens is 1. The molecule has 9 heteroatoms. The molecule has 0 aliphatic carbocycles. The fourth-order valence-corrected chi connectivity index (χ4v) is 10.1. The normalized spacial score (nSPS) is 37.0. The van der Waals surface area contributed by atoms with Gasteiger partial charge in [-0.3, -0.25) is 14.5 Å². The van der Waals surface area contributed by atoms with E-state index in [4.69, 9.17) is 0 Å². The van der Waals surface area contributed by atoms with Crippen LogP contribution in [-0.4, -0.2) is 60.8 Å². The first kappa shape index (κ1) is 18.9. The van der Waals surface area contributed by atoms with Crippen LogP contribution in [0.3, 0.4) is 0 Å². The van der Waals surface area contributed by atoms with Crippen LogP contribution in [0, 0.1) is 0 Å². The van der Waals surface area contributed by atoms with Gasteiger partial charge in [-0.05, 0) is 41.0 Å². The second-order valence-corrected chi connectivity index (χ2v) is 11.5. The standard InChI is InChI=1S/C23H20N4O3S2/c1-21(30)22(14-11-24-15-9-5-3-7-12(14)15)13-8-4-6-10-16(13)25-19(22)27-17(28)18-26(2)20(29)23(21,27)32-31-18/h3-11,18-19,24-25,30H,1-2H3/t18-,19+,21+,22-,23?/m0/s1. The molecule has 32 heavy (non-hydrogen) atoms. The number of piperazine rings is 1. The Kier molecular flexibility index (Phi) is 3.34. The predicted octanol–water partition coefficient (Wildman–Crippen LogP) is 2.69. The summed E-state index contributed by atoms with van der Waals surface area (Å²) in [5.41, 5.74) is 0.911. The number of fused-ring (bicyclic) bond motifs is 6. The molecule has 4 saturated heterocycles. The van der Waals surface area contributed by atoms with E-state index in [0.717, 1.165) is 27.7 Å². The van der Waals surface area contributed by atoms with Crippen molar-refractivity contribution < 1.29 is 14.7 Å². The van der Waals surface area contributed by atoms with Crippen LogP contribution in [-0.2, 0) is 15.0 Å². The molecular weight excluding hydrogens is 444 g/mol. The Bertz CT molecular complexity index is 1360. The zero-order chi connectivity index (χ0) is 22.0. The molecule has 5 aliphatic rings. The molecule has 5 aliphatic heterocycles. The largest absolute Gasteiger partial charge is 0.385 e. The lowest BCUT2D eigenvalue weighted by atomic mass is 9.63. The summed E-state index contributed by atoms with van der Waals surface area (Å²) in [6.45, 7) is 1.73. The fourth-order valence-electron chi connectivity index (χ4n) is 6.38. The summed E-state index contributed by atoms with van der Waals surface area (Å²) in [7, 11) is 4.33. The number of aliphatic hydroxyl groups is 1. The van der Waals surface area contributed by atoms with Gasteiger partial charge in [0.2, 0.25) is 4.87 Å². The quantitative estimate of drug-likeness (QED) is 0.480. The van der Waals surface area contributed by atoms with Gasteiger partial charge in [0, 0.05) is 29.8 Å². The highest BCUT2D eigenvalue weighted by Crippen LogP contribution is 2.71. The lowest BCUT2D eigenvalue weighted by Gasteiger charge is -2.56. The Morgan fingerprint density at radius 3 is 2.66 bits per heavy atom. The lowest BCUT2D eigenvalue weighted by Crippen LogP contribution is -2.75. The van der Waals surface area contributed by atoms with E-state index in [2.05, 4.69) is 10.3 Å². The van der Waals surface area contributed by atoms with Crippen LogP contribution in [0.15, 0.2) is 54.7 Å². The number of aromatic nitrogens is 1. The second kappa shape index (κ2) is 5.65. The minimum Gasteiger partial charge on any atom is -0.385 e. The van der Waals surface area contributed by atoms with E-state index in [1.165, 1.54) is 26.5 Å². The fraction of sp³-hybridized carbons (Fsp3) is 0.304. The summed E-state index contributed by atoms with van der Waals surface area (Å²) in [4.78, 5) is 32.5. The number of nitrogens with zero attached hydrogens (tertiary/aromatic N) is 2. The van der Waals surface area contributed by atoms with E-state index in [0.29, 0.717) is 0 Å². The number of carbonyl (C=O) groups excluding carboxylic acids is 2. The molecule has 0 saturated carbocycles. The Balaban J connectivity index is 1.63. The number of hydrogen-bond acceptors (Lipinski definition) is 6. The summed E-state index contributed by atoms with van der Waals surface area (Å²) in [6.07, 6.45) is 1.32. The highest BCUT2D eigenvalue weighted by Gasteiger charge is 2.84. The van der Waals surface area contributed by atoms with Gasteiger partial charge in [-0.1, -0.05) is 47.2 Å². The average Bonchev–Trinajstić information content (AvgIpc) is 3.40. The third-order valence-corrected chi connectivity index (χ3v) is 11.1. The highest BCUT2D eigenvalue weighted by atomic mass is 33.1. The van der Waals surface area contributed by atoms with Gasteiger partial charge in [0.1, 0.15) is 11.8 Å².